The van der Waals surface area contributed by atoms with Gasteiger partial charge in [-0.1, -0.05) is 25.4 Å². The lowest BCUT2D eigenvalue weighted by Gasteiger charge is -2.18. The van der Waals surface area contributed by atoms with Crippen molar-refractivity contribution in [1.29, 1.82) is 0 Å². The van der Waals surface area contributed by atoms with Crippen LogP contribution in [0.15, 0.2) is 18.2 Å². The van der Waals surface area contributed by atoms with Crippen molar-refractivity contribution in [2.45, 2.75) is 26.9 Å². The summed E-state index contributed by atoms with van der Waals surface area (Å²) in [6.07, 6.45) is 0. The lowest BCUT2D eigenvalue weighted by Crippen LogP contribution is -2.24. The fraction of sp³-hybridized carbons (Fsp3) is 0.500. The molecule has 0 saturated carbocycles. The number of nitrogens with zero attached hydrogens (tertiary/aromatic N) is 3. The van der Waals surface area contributed by atoms with Gasteiger partial charge >= 0.3 is 0 Å². The number of rotatable bonds is 6. The molecule has 0 fully saturated rings. The number of hydrogen-bond donors (Lipinski definition) is 1. The second kappa shape index (κ2) is 6.37. The minimum atomic E-state index is 0.110. The summed E-state index contributed by atoms with van der Waals surface area (Å²) in [5.74, 6) is 0.981. The van der Waals surface area contributed by atoms with Crippen molar-refractivity contribution in [1.82, 2.24) is 14.5 Å². The largest absolute Gasteiger partial charge is 0.395 e. The van der Waals surface area contributed by atoms with Crippen LogP contribution in [0.4, 0.5) is 0 Å². The number of aliphatic hydroxyl groups excluding tert-OH is 1. The number of benzene rings is 1. The molecular weight excluding hydrogens is 262 g/mol. The highest BCUT2D eigenvalue weighted by Crippen LogP contribution is 2.21. The SMILES string of the molecule is CCN(CC)Cc1nc2cc(Cl)ccc2n1CCO. The number of aliphatic hydroxyl groups is 1. The highest BCUT2D eigenvalue weighted by Gasteiger charge is 2.12. The molecule has 0 bridgehead atoms. The van der Waals surface area contributed by atoms with Gasteiger partial charge < -0.3 is 9.67 Å². The Bertz CT molecular complexity index is 549. The lowest BCUT2D eigenvalue weighted by atomic mass is 10.3. The maximum Gasteiger partial charge on any atom is 0.124 e. The fourth-order valence-corrected chi connectivity index (χ4v) is 2.44. The fourth-order valence-electron chi connectivity index (χ4n) is 2.27. The molecule has 1 aromatic carbocycles. The van der Waals surface area contributed by atoms with Crippen LogP contribution in [-0.2, 0) is 13.1 Å². The van der Waals surface area contributed by atoms with Gasteiger partial charge in [-0.15, -0.1) is 0 Å². The van der Waals surface area contributed by atoms with Gasteiger partial charge in [0.15, 0.2) is 0 Å². The van der Waals surface area contributed by atoms with Crippen molar-refractivity contribution in [2.24, 2.45) is 0 Å². The second-order valence-corrected chi connectivity index (χ2v) is 4.93. The molecule has 1 heterocycles. The third kappa shape index (κ3) is 3.08. The minimum Gasteiger partial charge on any atom is -0.395 e. The quantitative estimate of drug-likeness (QED) is 0.885. The molecule has 0 amide bonds. The number of imidazole rings is 1. The monoisotopic (exact) mass is 281 g/mol. The van der Waals surface area contributed by atoms with Gasteiger partial charge in [-0.2, -0.15) is 0 Å². The minimum absolute atomic E-state index is 0.110. The first-order chi connectivity index (χ1) is 9.19. The molecule has 1 aromatic heterocycles. The van der Waals surface area contributed by atoms with E-state index >= 15 is 0 Å². The Hall–Kier alpha value is -1.10. The van der Waals surface area contributed by atoms with E-state index in [1.807, 2.05) is 18.2 Å². The van der Waals surface area contributed by atoms with Gasteiger partial charge in [0.25, 0.3) is 0 Å². The summed E-state index contributed by atoms with van der Waals surface area (Å²) in [6.45, 7) is 7.71. The van der Waals surface area contributed by atoms with E-state index < -0.39 is 0 Å². The third-order valence-corrected chi connectivity index (χ3v) is 3.61. The molecular formula is C14H20ClN3O. The predicted molar refractivity (Wildman–Crippen MR) is 78.5 cm³/mol. The zero-order chi connectivity index (χ0) is 13.8. The predicted octanol–water partition coefficient (Wildman–Crippen LogP) is 2.52. The van der Waals surface area contributed by atoms with E-state index in [1.54, 1.807) is 0 Å². The highest BCUT2D eigenvalue weighted by molar-refractivity contribution is 6.31. The first-order valence-electron chi connectivity index (χ1n) is 6.67. The lowest BCUT2D eigenvalue weighted by molar-refractivity contribution is 0.260. The Morgan fingerprint density at radius 3 is 2.68 bits per heavy atom. The molecule has 5 heteroatoms. The van der Waals surface area contributed by atoms with Crippen LogP contribution in [0.2, 0.25) is 5.02 Å². The molecule has 0 saturated heterocycles. The molecule has 2 aromatic rings. The molecule has 1 N–H and O–H groups in total. The molecule has 0 aliphatic rings. The van der Waals surface area contributed by atoms with Crippen LogP contribution in [0.5, 0.6) is 0 Å². The molecule has 0 spiro atoms. The van der Waals surface area contributed by atoms with Crippen molar-refractivity contribution in [3.63, 3.8) is 0 Å². The van der Waals surface area contributed by atoms with Crippen LogP contribution in [0.25, 0.3) is 11.0 Å². The van der Waals surface area contributed by atoms with Crippen LogP contribution in [0, 0.1) is 0 Å². The molecule has 0 aliphatic heterocycles. The third-order valence-electron chi connectivity index (χ3n) is 3.37. The van der Waals surface area contributed by atoms with Crippen LogP contribution < -0.4 is 0 Å². The maximum atomic E-state index is 9.24. The zero-order valence-electron chi connectivity index (χ0n) is 11.4. The van der Waals surface area contributed by atoms with Crippen LogP contribution >= 0.6 is 11.6 Å². The second-order valence-electron chi connectivity index (χ2n) is 4.50. The Morgan fingerprint density at radius 1 is 1.32 bits per heavy atom. The summed E-state index contributed by atoms with van der Waals surface area (Å²) in [5, 5.41) is 9.93. The summed E-state index contributed by atoms with van der Waals surface area (Å²) in [5.41, 5.74) is 1.92. The number of halogens is 1. The van der Waals surface area contributed by atoms with Gasteiger partial charge in [0.2, 0.25) is 0 Å². The highest BCUT2D eigenvalue weighted by atomic mass is 35.5. The number of hydrogen-bond acceptors (Lipinski definition) is 3. The van der Waals surface area contributed by atoms with Gasteiger partial charge in [-0.3, -0.25) is 4.90 Å². The Kier molecular flexibility index (Phi) is 4.80. The van der Waals surface area contributed by atoms with Crippen molar-refractivity contribution in [3.05, 3.63) is 29.0 Å². The average molecular weight is 282 g/mol. The first kappa shape index (κ1) is 14.3. The van der Waals surface area contributed by atoms with Gasteiger partial charge in [0.1, 0.15) is 5.82 Å². The van der Waals surface area contributed by atoms with E-state index in [-0.39, 0.29) is 6.61 Å². The van der Waals surface area contributed by atoms with E-state index in [1.165, 1.54) is 0 Å². The molecule has 0 radical (unpaired) electrons. The van der Waals surface area contributed by atoms with Gasteiger partial charge in [0, 0.05) is 11.6 Å². The standard InChI is InChI=1S/C14H20ClN3O/c1-3-17(4-2)10-14-16-12-9-11(15)5-6-13(12)18(14)7-8-19/h5-6,9,19H,3-4,7-8,10H2,1-2H3. The van der Waals surface area contributed by atoms with Crippen molar-refractivity contribution in [2.75, 3.05) is 19.7 Å². The van der Waals surface area contributed by atoms with Crippen molar-refractivity contribution in [3.8, 4) is 0 Å². The average Bonchev–Trinajstić information content (AvgIpc) is 2.73. The molecule has 4 nitrogen and oxygen atoms in total. The van der Waals surface area contributed by atoms with E-state index in [0.29, 0.717) is 11.6 Å². The molecule has 2 rings (SSSR count). The molecule has 0 atom stereocenters. The summed E-state index contributed by atoms with van der Waals surface area (Å²) in [4.78, 5) is 6.96. The van der Waals surface area contributed by atoms with Crippen LogP contribution in [0.3, 0.4) is 0 Å². The Labute approximate surface area is 118 Å². The number of fused-ring (bicyclic) bond motifs is 1. The zero-order valence-corrected chi connectivity index (χ0v) is 12.2. The van der Waals surface area contributed by atoms with E-state index in [4.69, 9.17) is 11.6 Å². The Morgan fingerprint density at radius 2 is 2.05 bits per heavy atom. The molecule has 104 valence electrons. The summed E-state index contributed by atoms with van der Waals surface area (Å²) in [6, 6.07) is 5.70. The van der Waals surface area contributed by atoms with Crippen molar-refractivity contribution < 1.29 is 5.11 Å². The van der Waals surface area contributed by atoms with Crippen LogP contribution in [0.1, 0.15) is 19.7 Å². The molecule has 19 heavy (non-hydrogen) atoms. The number of aromatic nitrogens is 2. The van der Waals surface area contributed by atoms with Gasteiger partial charge in [-0.25, -0.2) is 4.98 Å². The van der Waals surface area contributed by atoms with Crippen molar-refractivity contribution >= 4 is 22.6 Å². The molecule has 0 aliphatic carbocycles. The summed E-state index contributed by atoms with van der Waals surface area (Å²) >= 11 is 6.01. The summed E-state index contributed by atoms with van der Waals surface area (Å²) < 4.78 is 2.07. The first-order valence-corrected chi connectivity index (χ1v) is 7.05. The van der Waals surface area contributed by atoms with Gasteiger partial charge in [-0.05, 0) is 31.3 Å². The van der Waals surface area contributed by atoms with E-state index in [2.05, 4.69) is 28.3 Å². The van der Waals surface area contributed by atoms with Crippen LogP contribution in [-0.4, -0.2) is 39.3 Å². The van der Waals surface area contributed by atoms with E-state index in [9.17, 15) is 5.11 Å². The normalized spacial score (nSPS) is 11.6. The van der Waals surface area contributed by atoms with E-state index in [0.717, 1.165) is 36.5 Å². The smallest absolute Gasteiger partial charge is 0.124 e. The summed E-state index contributed by atoms with van der Waals surface area (Å²) in [7, 11) is 0. The topological polar surface area (TPSA) is 41.3 Å². The molecule has 0 unspecified atom stereocenters. The van der Waals surface area contributed by atoms with Gasteiger partial charge in [0.05, 0.1) is 24.2 Å². The maximum absolute atomic E-state index is 9.24. The Balaban J connectivity index is 2.43.